The number of amides is 1. The van der Waals surface area contributed by atoms with Crippen LogP contribution in [0, 0.1) is 12.8 Å². The van der Waals surface area contributed by atoms with E-state index < -0.39 is 0 Å². The minimum absolute atomic E-state index is 0.00736. The van der Waals surface area contributed by atoms with Crippen LogP contribution in [0.3, 0.4) is 0 Å². The Morgan fingerprint density at radius 3 is 2.88 bits per heavy atom. The summed E-state index contributed by atoms with van der Waals surface area (Å²) >= 11 is 0. The van der Waals surface area contributed by atoms with Crippen LogP contribution in [0.15, 0.2) is 12.1 Å². The van der Waals surface area contributed by atoms with E-state index >= 15 is 0 Å². The molecule has 17 heavy (non-hydrogen) atoms. The standard InChI is InChI=1S/C13H19N3O/c1-4-9-6-11(9)16-13(17)10-5-8(2)15-12(7-10)14-3/h5,7,9,11H,4,6H2,1-3H3,(H,14,15)(H,16,17). The van der Waals surface area contributed by atoms with Crippen LogP contribution < -0.4 is 10.6 Å². The zero-order chi connectivity index (χ0) is 12.4. The second-order valence-electron chi connectivity index (χ2n) is 4.62. The minimum Gasteiger partial charge on any atom is -0.373 e. The van der Waals surface area contributed by atoms with Crippen molar-refractivity contribution in [1.29, 1.82) is 0 Å². The molecule has 0 bridgehead atoms. The van der Waals surface area contributed by atoms with Gasteiger partial charge in [0.05, 0.1) is 0 Å². The van der Waals surface area contributed by atoms with E-state index in [1.165, 1.54) is 0 Å². The van der Waals surface area contributed by atoms with E-state index in [1.54, 1.807) is 13.1 Å². The molecule has 1 fully saturated rings. The molecule has 4 heteroatoms. The quantitative estimate of drug-likeness (QED) is 0.836. The molecule has 4 nitrogen and oxygen atoms in total. The van der Waals surface area contributed by atoms with Crippen molar-refractivity contribution >= 4 is 11.7 Å². The lowest BCUT2D eigenvalue weighted by Gasteiger charge is -2.07. The van der Waals surface area contributed by atoms with Crippen molar-refractivity contribution in [3.63, 3.8) is 0 Å². The van der Waals surface area contributed by atoms with Gasteiger partial charge in [-0.3, -0.25) is 4.79 Å². The zero-order valence-corrected chi connectivity index (χ0v) is 10.6. The van der Waals surface area contributed by atoms with Gasteiger partial charge in [0, 0.05) is 24.3 Å². The van der Waals surface area contributed by atoms with Crippen molar-refractivity contribution in [2.75, 3.05) is 12.4 Å². The zero-order valence-electron chi connectivity index (χ0n) is 10.6. The molecule has 2 atom stereocenters. The van der Waals surface area contributed by atoms with Crippen LogP contribution in [-0.2, 0) is 0 Å². The van der Waals surface area contributed by atoms with E-state index in [9.17, 15) is 4.79 Å². The van der Waals surface area contributed by atoms with Crippen LogP contribution in [0.5, 0.6) is 0 Å². The number of hydrogen-bond acceptors (Lipinski definition) is 3. The SMILES string of the molecule is CCC1CC1NC(=O)c1cc(C)nc(NC)c1. The lowest BCUT2D eigenvalue weighted by molar-refractivity contribution is 0.0949. The topological polar surface area (TPSA) is 54.0 Å². The second kappa shape index (κ2) is 4.73. The molecule has 1 aliphatic carbocycles. The predicted octanol–water partition coefficient (Wildman–Crippen LogP) is 1.96. The highest BCUT2D eigenvalue weighted by Crippen LogP contribution is 2.33. The third-order valence-corrected chi connectivity index (χ3v) is 3.24. The molecule has 1 saturated carbocycles. The molecule has 1 aliphatic rings. The molecule has 0 spiro atoms. The molecular formula is C13H19N3O. The third-order valence-electron chi connectivity index (χ3n) is 3.24. The minimum atomic E-state index is 0.00736. The van der Waals surface area contributed by atoms with E-state index in [0.717, 1.165) is 24.4 Å². The molecule has 1 heterocycles. The first kappa shape index (κ1) is 11.9. The van der Waals surface area contributed by atoms with Crippen LogP contribution in [0.25, 0.3) is 0 Å². The summed E-state index contributed by atoms with van der Waals surface area (Å²) in [5.41, 5.74) is 1.54. The first-order valence-electron chi connectivity index (χ1n) is 6.11. The van der Waals surface area contributed by atoms with E-state index in [0.29, 0.717) is 17.5 Å². The number of carbonyl (C=O) groups is 1. The Labute approximate surface area is 102 Å². The lowest BCUT2D eigenvalue weighted by atomic mass is 10.2. The van der Waals surface area contributed by atoms with Crippen molar-refractivity contribution in [1.82, 2.24) is 10.3 Å². The van der Waals surface area contributed by atoms with Crippen molar-refractivity contribution in [3.8, 4) is 0 Å². The predicted molar refractivity (Wildman–Crippen MR) is 68.2 cm³/mol. The molecule has 2 rings (SSSR count). The average molecular weight is 233 g/mol. The number of aromatic nitrogens is 1. The largest absolute Gasteiger partial charge is 0.373 e. The second-order valence-corrected chi connectivity index (χ2v) is 4.62. The molecule has 0 aromatic carbocycles. The van der Waals surface area contributed by atoms with Crippen molar-refractivity contribution in [3.05, 3.63) is 23.4 Å². The number of aryl methyl sites for hydroxylation is 1. The number of rotatable bonds is 4. The van der Waals surface area contributed by atoms with Gasteiger partial charge in [0.25, 0.3) is 5.91 Å². The molecule has 1 aromatic rings. The molecule has 0 saturated heterocycles. The van der Waals surface area contributed by atoms with Crippen molar-refractivity contribution < 1.29 is 4.79 Å². The normalized spacial score (nSPS) is 22.1. The van der Waals surface area contributed by atoms with Crippen LogP contribution in [0.4, 0.5) is 5.82 Å². The van der Waals surface area contributed by atoms with E-state index in [-0.39, 0.29) is 5.91 Å². The smallest absolute Gasteiger partial charge is 0.251 e. The molecule has 92 valence electrons. The van der Waals surface area contributed by atoms with Gasteiger partial charge in [0.2, 0.25) is 0 Å². The Kier molecular flexibility index (Phi) is 3.31. The first-order chi connectivity index (χ1) is 8.13. The van der Waals surface area contributed by atoms with Crippen LogP contribution >= 0.6 is 0 Å². The van der Waals surface area contributed by atoms with Gasteiger partial charge in [-0.1, -0.05) is 13.3 Å². The molecule has 1 aromatic heterocycles. The fraction of sp³-hybridized carbons (Fsp3) is 0.538. The van der Waals surface area contributed by atoms with E-state index in [4.69, 9.17) is 0 Å². The highest BCUT2D eigenvalue weighted by Gasteiger charge is 2.36. The Morgan fingerprint density at radius 1 is 1.53 bits per heavy atom. The van der Waals surface area contributed by atoms with E-state index in [2.05, 4.69) is 22.5 Å². The first-order valence-corrected chi connectivity index (χ1v) is 6.11. The Hall–Kier alpha value is -1.58. The maximum Gasteiger partial charge on any atom is 0.251 e. The molecule has 2 unspecified atom stereocenters. The maximum absolute atomic E-state index is 12.0. The maximum atomic E-state index is 12.0. The molecule has 0 radical (unpaired) electrons. The summed E-state index contributed by atoms with van der Waals surface area (Å²) < 4.78 is 0. The number of anilines is 1. The number of hydrogen-bond donors (Lipinski definition) is 2. The Balaban J connectivity index is 2.06. The highest BCUT2D eigenvalue weighted by molar-refractivity contribution is 5.95. The van der Waals surface area contributed by atoms with Crippen molar-refractivity contribution in [2.24, 2.45) is 5.92 Å². The van der Waals surface area contributed by atoms with Crippen molar-refractivity contribution in [2.45, 2.75) is 32.7 Å². The monoisotopic (exact) mass is 233 g/mol. The van der Waals surface area contributed by atoms with Crippen LogP contribution in [-0.4, -0.2) is 24.0 Å². The Bertz CT molecular complexity index is 431. The number of nitrogens with zero attached hydrogens (tertiary/aromatic N) is 1. The molecule has 0 aliphatic heterocycles. The fourth-order valence-electron chi connectivity index (χ4n) is 2.05. The molecule has 2 N–H and O–H groups in total. The van der Waals surface area contributed by atoms with Crippen LogP contribution in [0.2, 0.25) is 0 Å². The Morgan fingerprint density at radius 2 is 2.29 bits per heavy atom. The number of nitrogens with one attached hydrogen (secondary N) is 2. The highest BCUT2D eigenvalue weighted by atomic mass is 16.1. The van der Waals surface area contributed by atoms with Gasteiger partial charge >= 0.3 is 0 Å². The summed E-state index contributed by atoms with van der Waals surface area (Å²) in [6.45, 7) is 4.05. The van der Waals surface area contributed by atoms with E-state index in [1.807, 2.05) is 13.0 Å². The number of pyridine rings is 1. The molecular weight excluding hydrogens is 214 g/mol. The molecule has 1 amide bonds. The lowest BCUT2D eigenvalue weighted by Crippen LogP contribution is -2.27. The average Bonchev–Trinajstić information content (AvgIpc) is 3.06. The third kappa shape index (κ3) is 2.75. The van der Waals surface area contributed by atoms with Gasteiger partial charge in [-0.15, -0.1) is 0 Å². The van der Waals surface area contributed by atoms with Crippen LogP contribution in [0.1, 0.15) is 35.8 Å². The summed E-state index contributed by atoms with van der Waals surface area (Å²) in [5, 5.41) is 6.02. The van der Waals surface area contributed by atoms with Gasteiger partial charge in [-0.05, 0) is 31.4 Å². The fourth-order valence-corrected chi connectivity index (χ4v) is 2.05. The summed E-state index contributed by atoms with van der Waals surface area (Å²) in [4.78, 5) is 16.3. The summed E-state index contributed by atoms with van der Waals surface area (Å²) in [6, 6.07) is 3.98. The van der Waals surface area contributed by atoms with Gasteiger partial charge in [-0.25, -0.2) is 4.98 Å². The van der Waals surface area contributed by atoms with Gasteiger partial charge < -0.3 is 10.6 Å². The van der Waals surface area contributed by atoms with Gasteiger partial charge in [0.1, 0.15) is 5.82 Å². The van der Waals surface area contributed by atoms with Gasteiger partial charge in [-0.2, -0.15) is 0 Å². The van der Waals surface area contributed by atoms with Gasteiger partial charge in [0.15, 0.2) is 0 Å². The summed E-state index contributed by atoms with van der Waals surface area (Å²) in [7, 11) is 1.80. The number of carbonyl (C=O) groups excluding carboxylic acids is 1. The summed E-state index contributed by atoms with van der Waals surface area (Å²) in [6.07, 6.45) is 2.26. The summed E-state index contributed by atoms with van der Waals surface area (Å²) in [5.74, 6) is 1.41.